The van der Waals surface area contributed by atoms with Gasteiger partial charge in [0.15, 0.2) is 0 Å². The molecule has 1 atom stereocenters. The van der Waals surface area contributed by atoms with E-state index in [1.807, 2.05) is 0 Å². The van der Waals surface area contributed by atoms with Crippen LogP contribution in [0, 0.1) is 0 Å². The molecule has 1 aromatic carbocycles. The van der Waals surface area contributed by atoms with Gasteiger partial charge >= 0.3 is 10.2 Å². The van der Waals surface area contributed by atoms with Crippen molar-refractivity contribution in [3.8, 4) is 0 Å². The van der Waals surface area contributed by atoms with E-state index in [-0.39, 0.29) is 0 Å². The topological polar surface area (TPSA) is 69.6 Å². The van der Waals surface area contributed by atoms with Gasteiger partial charge in [0.25, 0.3) is 0 Å². The molecule has 1 heterocycles. The van der Waals surface area contributed by atoms with Crippen molar-refractivity contribution < 1.29 is 13.5 Å². The molecule has 0 radical (unpaired) electrons. The summed E-state index contributed by atoms with van der Waals surface area (Å²) in [4.78, 5) is 0. The minimum atomic E-state index is -3.48. The fourth-order valence-corrected chi connectivity index (χ4v) is 3.47. The second-order valence-electron chi connectivity index (χ2n) is 4.87. The summed E-state index contributed by atoms with van der Waals surface area (Å²) >= 11 is 0. The zero-order chi connectivity index (χ0) is 13.9. The van der Waals surface area contributed by atoms with Gasteiger partial charge in [-0.25, -0.2) is 0 Å². The molecular weight excluding hydrogens is 264 g/mol. The fourth-order valence-electron chi connectivity index (χ4n) is 2.18. The Morgan fingerprint density at radius 3 is 2.58 bits per heavy atom. The summed E-state index contributed by atoms with van der Waals surface area (Å²) in [5, 5.41) is 9.51. The molecule has 19 heavy (non-hydrogen) atoms. The number of aliphatic hydroxyl groups excluding tert-OH is 1. The molecule has 0 spiro atoms. The van der Waals surface area contributed by atoms with E-state index in [2.05, 4.69) is 4.72 Å². The summed E-state index contributed by atoms with van der Waals surface area (Å²) in [6.07, 6.45) is 2.30. The van der Waals surface area contributed by atoms with Crippen LogP contribution < -0.4 is 4.72 Å². The Morgan fingerprint density at radius 1 is 1.26 bits per heavy atom. The molecule has 1 fully saturated rings. The average molecular weight is 284 g/mol. The van der Waals surface area contributed by atoms with Crippen LogP contribution in [0.3, 0.4) is 0 Å². The molecule has 2 N–H and O–H groups in total. The van der Waals surface area contributed by atoms with Crippen LogP contribution in [0.4, 0.5) is 5.69 Å². The lowest BCUT2D eigenvalue weighted by Crippen LogP contribution is -2.39. The van der Waals surface area contributed by atoms with Gasteiger partial charge in [-0.15, -0.1) is 0 Å². The van der Waals surface area contributed by atoms with E-state index in [1.165, 1.54) is 4.31 Å². The van der Waals surface area contributed by atoms with E-state index in [1.54, 1.807) is 31.2 Å². The van der Waals surface area contributed by atoms with Crippen molar-refractivity contribution in [3.05, 3.63) is 29.8 Å². The van der Waals surface area contributed by atoms with E-state index in [4.69, 9.17) is 0 Å². The zero-order valence-electron chi connectivity index (χ0n) is 11.0. The van der Waals surface area contributed by atoms with Crippen LogP contribution in [0.15, 0.2) is 24.3 Å². The molecule has 0 amide bonds. The van der Waals surface area contributed by atoms with Crippen LogP contribution >= 0.6 is 0 Å². The largest absolute Gasteiger partial charge is 0.389 e. The third-order valence-corrected chi connectivity index (χ3v) is 4.81. The summed E-state index contributed by atoms with van der Waals surface area (Å²) in [6.45, 7) is 2.80. The van der Waals surface area contributed by atoms with E-state index in [9.17, 15) is 13.5 Å². The molecule has 106 valence electrons. The molecule has 6 heteroatoms. The van der Waals surface area contributed by atoms with Crippen LogP contribution in [-0.4, -0.2) is 30.9 Å². The van der Waals surface area contributed by atoms with E-state index in [0.717, 1.165) is 19.3 Å². The molecule has 1 aliphatic rings. The smallest absolute Gasteiger partial charge is 0.301 e. The number of benzene rings is 1. The van der Waals surface area contributed by atoms with E-state index in [0.29, 0.717) is 24.3 Å². The van der Waals surface area contributed by atoms with Crippen molar-refractivity contribution in [2.45, 2.75) is 32.3 Å². The van der Waals surface area contributed by atoms with Crippen molar-refractivity contribution in [1.29, 1.82) is 0 Å². The zero-order valence-corrected chi connectivity index (χ0v) is 11.9. The molecule has 2 rings (SSSR count). The monoisotopic (exact) mass is 284 g/mol. The SMILES string of the molecule is CC(O)c1cccc(NS(=O)(=O)N2CCCCC2)c1. The highest BCUT2D eigenvalue weighted by Gasteiger charge is 2.23. The second-order valence-corrected chi connectivity index (χ2v) is 6.54. The van der Waals surface area contributed by atoms with Gasteiger partial charge in [0.05, 0.1) is 11.8 Å². The van der Waals surface area contributed by atoms with Crippen molar-refractivity contribution in [2.24, 2.45) is 0 Å². The summed E-state index contributed by atoms with van der Waals surface area (Å²) in [7, 11) is -3.48. The van der Waals surface area contributed by atoms with Crippen LogP contribution in [0.1, 0.15) is 37.9 Å². The Bertz CT molecular complexity index is 522. The summed E-state index contributed by atoms with van der Waals surface area (Å²) in [5.74, 6) is 0. The Hall–Kier alpha value is -1.11. The minimum absolute atomic E-state index is 0.490. The van der Waals surface area contributed by atoms with E-state index >= 15 is 0 Å². The standard InChI is InChI=1S/C13H20N2O3S/c1-11(16)12-6-5-7-13(10-12)14-19(17,18)15-8-3-2-4-9-15/h5-7,10-11,14,16H,2-4,8-9H2,1H3. The van der Waals surface area contributed by atoms with Gasteiger partial charge in [0.2, 0.25) is 0 Å². The molecule has 1 aromatic rings. The van der Waals surface area contributed by atoms with Gasteiger partial charge in [0.1, 0.15) is 0 Å². The predicted octanol–water partition coefficient (Wildman–Crippen LogP) is 1.88. The number of piperidine rings is 1. The molecule has 1 aliphatic heterocycles. The first-order valence-electron chi connectivity index (χ1n) is 6.55. The van der Waals surface area contributed by atoms with Crippen LogP contribution in [0.5, 0.6) is 0 Å². The van der Waals surface area contributed by atoms with Gasteiger partial charge in [-0.2, -0.15) is 12.7 Å². The quantitative estimate of drug-likeness (QED) is 0.887. The second kappa shape index (κ2) is 5.90. The maximum absolute atomic E-state index is 12.2. The van der Waals surface area contributed by atoms with Gasteiger partial charge in [0, 0.05) is 13.1 Å². The average Bonchev–Trinajstić information content (AvgIpc) is 2.39. The van der Waals surface area contributed by atoms with Crippen LogP contribution in [0.2, 0.25) is 0 Å². The molecule has 0 bridgehead atoms. The highest BCUT2D eigenvalue weighted by atomic mass is 32.2. The number of nitrogens with zero attached hydrogens (tertiary/aromatic N) is 1. The number of aliphatic hydroxyl groups is 1. The Balaban J connectivity index is 2.13. The highest BCUT2D eigenvalue weighted by Crippen LogP contribution is 2.20. The molecule has 1 saturated heterocycles. The first-order valence-corrected chi connectivity index (χ1v) is 7.99. The van der Waals surface area contributed by atoms with Crippen molar-refractivity contribution in [2.75, 3.05) is 17.8 Å². The fraction of sp³-hybridized carbons (Fsp3) is 0.538. The third kappa shape index (κ3) is 3.68. The molecule has 0 aromatic heterocycles. The first-order chi connectivity index (χ1) is 8.99. The Labute approximate surface area is 114 Å². The normalized spacial score (nSPS) is 19.1. The lowest BCUT2D eigenvalue weighted by molar-refractivity contribution is 0.199. The minimum Gasteiger partial charge on any atom is -0.389 e. The molecular formula is C13H20N2O3S. The van der Waals surface area contributed by atoms with Gasteiger partial charge in [-0.05, 0) is 37.5 Å². The van der Waals surface area contributed by atoms with Crippen molar-refractivity contribution >= 4 is 15.9 Å². The summed E-state index contributed by atoms with van der Waals surface area (Å²) in [5.41, 5.74) is 1.18. The van der Waals surface area contributed by atoms with Gasteiger partial charge < -0.3 is 5.11 Å². The van der Waals surface area contributed by atoms with Gasteiger partial charge in [-0.3, -0.25) is 4.72 Å². The molecule has 0 saturated carbocycles. The number of rotatable bonds is 4. The Kier molecular flexibility index (Phi) is 4.44. The number of hydrogen-bond acceptors (Lipinski definition) is 3. The third-order valence-electron chi connectivity index (χ3n) is 3.27. The summed E-state index contributed by atoms with van der Waals surface area (Å²) in [6, 6.07) is 6.85. The van der Waals surface area contributed by atoms with Crippen LogP contribution in [-0.2, 0) is 10.2 Å². The van der Waals surface area contributed by atoms with E-state index < -0.39 is 16.3 Å². The lowest BCUT2D eigenvalue weighted by atomic mass is 10.1. The number of hydrogen-bond donors (Lipinski definition) is 2. The van der Waals surface area contributed by atoms with Gasteiger partial charge in [-0.1, -0.05) is 18.6 Å². The van der Waals surface area contributed by atoms with Crippen LogP contribution in [0.25, 0.3) is 0 Å². The Morgan fingerprint density at radius 2 is 1.95 bits per heavy atom. The molecule has 0 aliphatic carbocycles. The lowest BCUT2D eigenvalue weighted by Gasteiger charge is -2.26. The predicted molar refractivity (Wildman–Crippen MR) is 75.0 cm³/mol. The highest BCUT2D eigenvalue weighted by molar-refractivity contribution is 7.90. The maximum Gasteiger partial charge on any atom is 0.301 e. The summed E-state index contributed by atoms with van der Waals surface area (Å²) < 4.78 is 28.4. The van der Waals surface area contributed by atoms with Crippen molar-refractivity contribution in [3.63, 3.8) is 0 Å². The number of anilines is 1. The molecule has 5 nitrogen and oxygen atoms in total. The first kappa shape index (κ1) is 14.3. The number of nitrogens with one attached hydrogen (secondary N) is 1. The van der Waals surface area contributed by atoms with Crippen molar-refractivity contribution in [1.82, 2.24) is 4.31 Å². The maximum atomic E-state index is 12.2. The molecule has 1 unspecified atom stereocenters.